The maximum Gasteiger partial charge on any atom is 0.306 e. The first-order valence-corrected chi connectivity index (χ1v) is 9.06. The van der Waals surface area contributed by atoms with Gasteiger partial charge in [0.25, 0.3) is 5.89 Å². The fourth-order valence-corrected chi connectivity index (χ4v) is 2.77. The molecule has 0 unspecified atom stereocenters. The molecule has 2 aromatic heterocycles. The van der Waals surface area contributed by atoms with Gasteiger partial charge in [-0.1, -0.05) is 30.3 Å². The standard InChI is InChI=1S/C22H17FN2O4/c23-18-9-5-4-8-17(18)19-12-10-16(28-19)11-13-21(26)27-14-20-24-25-22(29-20)15-6-2-1-3-7-15/h1-10,12H,11,13-14H2. The molecule has 4 aromatic rings. The van der Waals surface area contributed by atoms with Crippen LogP contribution in [0.4, 0.5) is 4.39 Å². The van der Waals surface area contributed by atoms with E-state index in [0.29, 0.717) is 29.4 Å². The number of carbonyl (C=O) groups excluding carboxylic acids is 1. The summed E-state index contributed by atoms with van der Waals surface area (Å²) in [4.78, 5) is 12.0. The van der Waals surface area contributed by atoms with Crippen LogP contribution < -0.4 is 0 Å². The summed E-state index contributed by atoms with van der Waals surface area (Å²) in [6.45, 7) is -0.0999. The summed E-state index contributed by atoms with van der Waals surface area (Å²) in [6.07, 6.45) is 0.455. The first kappa shape index (κ1) is 18.6. The molecule has 7 heteroatoms. The highest BCUT2D eigenvalue weighted by atomic mass is 19.1. The van der Waals surface area contributed by atoms with E-state index in [1.165, 1.54) is 6.07 Å². The Morgan fingerprint density at radius 1 is 0.931 bits per heavy atom. The van der Waals surface area contributed by atoms with E-state index in [1.54, 1.807) is 30.3 Å². The minimum Gasteiger partial charge on any atom is -0.461 e. The van der Waals surface area contributed by atoms with Crippen molar-refractivity contribution in [1.29, 1.82) is 0 Å². The van der Waals surface area contributed by atoms with Crippen LogP contribution in [0.1, 0.15) is 18.1 Å². The number of benzene rings is 2. The number of rotatable bonds is 7. The Labute approximate surface area is 165 Å². The molecule has 0 aliphatic rings. The first-order chi connectivity index (χ1) is 14.2. The van der Waals surface area contributed by atoms with Crippen molar-refractivity contribution in [3.8, 4) is 22.8 Å². The largest absolute Gasteiger partial charge is 0.461 e. The van der Waals surface area contributed by atoms with Crippen LogP contribution in [0.5, 0.6) is 0 Å². The third-order valence-electron chi connectivity index (χ3n) is 4.22. The van der Waals surface area contributed by atoms with Gasteiger partial charge in [0.1, 0.15) is 17.3 Å². The maximum absolute atomic E-state index is 13.8. The Morgan fingerprint density at radius 2 is 1.72 bits per heavy atom. The molecule has 0 spiro atoms. The van der Waals surface area contributed by atoms with Gasteiger partial charge in [0, 0.05) is 12.0 Å². The molecule has 29 heavy (non-hydrogen) atoms. The van der Waals surface area contributed by atoms with Gasteiger partial charge >= 0.3 is 5.97 Å². The van der Waals surface area contributed by atoms with Crippen molar-refractivity contribution in [3.05, 3.63) is 84.2 Å². The van der Waals surface area contributed by atoms with Crippen molar-refractivity contribution >= 4 is 5.97 Å². The zero-order valence-electron chi connectivity index (χ0n) is 15.4. The molecular weight excluding hydrogens is 375 g/mol. The molecule has 6 nitrogen and oxygen atoms in total. The van der Waals surface area contributed by atoms with Crippen LogP contribution in [0.15, 0.2) is 75.6 Å². The van der Waals surface area contributed by atoms with Crippen LogP contribution in [0.25, 0.3) is 22.8 Å². The number of ether oxygens (including phenoxy) is 1. The number of aryl methyl sites for hydroxylation is 1. The summed E-state index contributed by atoms with van der Waals surface area (Å²) in [6, 6.07) is 19.1. The zero-order chi connectivity index (χ0) is 20.1. The Balaban J connectivity index is 1.28. The Morgan fingerprint density at radius 3 is 2.55 bits per heavy atom. The minimum absolute atomic E-state index is 0.0999. The average molecular weight is 392 g/mol. The third-order valence-corrected chi connectivity index (χ3v) is 4.22. The highest BCUT2D eigenvalue weighted by molar-refractivity contribution is 5.69. The molecule has 0 N–H and O–H groups in total. The SMILES string of the molecule is O=C(CCc1ccc(-c2ccccc2F)o1)OCc1nnc(-c2ccccc2)o1. The molecule has 146 valence electrons. The molecule has 4 rings (SSSR count). The minimum atomic E-state index is -0.423. The summed E-state index contributed by atoms with van der Waals surface area (Å²) in [5.41, 5.74) is 1.17. The molecule has 0 amide bonds. The number of halogens is 1. The number of furan rings is 1. The zero-order valence-corrected chi connectivity index (χ0v) is 15.4. The first-order valence-electron chi connectivity index (χ1n) is 9.06. The molecule has 0 aliphatic heterocycles. The lowest BCUT2D eigenvalue weighted by molar-refractivity contribution is -0.145. The van der Waals surface area contributed by atoms with Gasteiger partial charge in [0.05, 0.1) is 12.0 Å². The summed E-state index contributed by atoms with van der Waals surface area (Å²) in [5, 5.41) is 7.82. The van der Waals surface area contributed by atoms with E-state index in [4.69, 9.17) is 13.6 Å². The van der Waals surface area contributed by atoms with E-state index in [2.05, 4.69) is 10.2 Å². The molecule has 0 atom stereocenters. The van der Waals surface area contributed by atoms with E-state index in [-0.39, 0.29) is 24.7 Å². The molecule has 0 saturated carbocycles. The van der Waals surface area contributed by atoms with E-state index < -0.39 is 5.97 Å². The molecule has 2 heterocycles. The highest BCUT2D eigenvalue weighted by Gasteiger charge is 2.13. The summed E-state index contributed by atoms with van der Waals surface area (Å²) in [7, 11) is 0. The van der Waals surface area contributed by atoms with E-state index >= 15 is 0 Å². The van der Waals surface area contributed by atoms with Crippen molar-refractivity contribution in [2.24, 2.45) is 0 Å². The molecule has 0 fully saturated rings. The van der Waals surface area contributed by atoms with Gasteiger partial charge in [0.2, 0.25) is 5.89 Å². The van der Waals surface area contributed by atoms with Gasteiger partial charge in [-0.25, -0.2) is 4.39 Å². The van der Waals surface area contributed by atoms with E-state index in [1.807, 2.05) is 30.3 Å². The number of hydrogen-bond acceptors (Lipinski definition) is 6. The van der Waals surface area contributed by atoms with Crippen LogP contribution >= 0.6 is 0 Å². The topological polar surface area (TPSA) is 78.4 Å². The molecule has 0 radical (unpaired) electrons. The van der Waals surface area contributed by atoms with Gasteiger partial charge in [-0.3, -0.25) is 4.79 Å². The Bertz CT molecular complexity index is 1100. The Hall–Kier alpha value is -3.74. The summed E-state index contributed by atoms with van der Waals surface area (Å²) >= 11 is 0. The number of hydrogen-bond donors (Lipinski definition) is 0. The molecular formula is C22H17FN2O4. The lowest BCUT2D eigenvalue weighted by atomic mass is 10.1. The number of aromatic nitrogens is 2. The van der Waals surface area contributed by atoms with Crippen LogP contribution in [0.3, 0.4) is 0 Å². The van der Waals surface area contributed by atoms with Crippen molar-refractivity contribution in [2.75, 3.05) is 0 Å². The van der Waals surface area contributed by atoms with Gasteiger partial charge in [-0.05, 0) is 36.4 Å². The van der Waals surface area contributed by atoms with Crippen molar-refractivity contribution < 1.29 is 22.8 Å². The van der Waals surface area contributed by atoms with Gasteiger partial charge in [0.15, 0.2) is 6.61 Å². The number of esters is 1. The van der Waals surface area contributed by atoms with Gasteiger partial charge in [-0.2, -0.15) is 0 Å². The molecule has 2 aromatic carbocycles. The highest BCUT2D eigenvalue weighted by Crippen LogP contribution is 2.25. The second-order valence-corrected chi connectivity index (χ2v) is 6.27. The number of nitrogens with zero attached hydrogens (tertiary/aromatic N) is 2. The van der Waals surface area contributed by atoms with Gasteiger partial charge in [-0.15, -0.1) is 10.2 Å². The van der Waals surface area contributed by atoms with Crippen LogP contribution in [0, 0.1) is 5.82 Å². The van der Waals surface area contributed by atoms with Gasteiger partial charge < -0.3 is 13.6 Å². The fraction of sp³-hybridized carbons (Fsp3) is 0.136. The molecule has 0 aliphatic carbocycles. The smallest absolute Gasteiger partial charge is 0.306 e. The van der Waals surface area contributed by atoms with Crippen molar-refractivity contribution in [1.82, 2.24) is 10.2 Å². The lowest BCUT2D eigenvalue weighted by Crippen LogP contribution is -2.05. The monoisotopic (exact) mass is 392 g/mol. The van der Waals surface area contributed by atoms with Crippen LogP contribution in [0.2, 0.25) is 0 Å². The fourth-order valence-electron chi connectivity index (χ4n) is 2.77. The quantitative estimate of drug-likeness (QED) is 0.420. The third kappa shape index (κ3) is 4.57. The van der Waals surface area contributed by atoms with Crippen molar-refractivity contribution in [3.63, 3.8) is 0 Å². The maximum atomic E-state index is 13.8. The van der Waals surface area contributed by atoms with E-state index in [9.17, 15) is 9.18 Å². The normalized spacial score (nSPS) is 10.8. The Kier molecular flexibility index (Phi) is 5.47. The molecule has 0 bridgehead atoms. The van der Waals surface area contributed by atoms with Crippen molar-refractivity contribution in [2.45, 2.75) is 19.4 Å². The summed E-state index contributed by atoms with van der Waals surface area (Å²) in [5.74, 6) is 0.801. The lowest BCUT2D eigenvalue weighted by Gasteiger charge is -2.01. The second-order valence-electron chi connectivity index (χ2n) is 6.27. The molecule has 0 saturated heterocycles. The van der Waals surface area contributed by atoms with Crippen LogP contribution in [-0.4, -0.2) is 16.2 Å². The number of carbonyl (C=O) groups is 1. The van der Waals surface area contributed by atoms with Crippen LogP contribution in [-0.2, 0) is 22.6 Å². The second kappa shape index (κ2) is 8.52. The average Bonchev–Trinajstić information content (AvgIpc) is 3.41. The van der Waals surface area contributed by atoms with E-state index in [0.717, 1.165) is 5.56 Å². The predicted molar refractivity (Wildman–Crippen MR) is 102 cm³/mol. The predicted octanol–water partition coefficient (Wildman–Crippen LogP) is 4.81. The summed E-state index contributed by atoms with van der Waals surface area (Å²) < 4.78 is 30.1.